The van der Waals surface area contributed by atoms with Crippen LogP contribution in [0.3, 0.4) is 0 Å². The highest BCUT2D eigenvalue weighted by Gasteiger charge is 2.10. The molecule has 0 spiro atoms. The molecule has 0 radical (unpaired) electrons. The summed E-state index contributed by atoms with van der Waals surface area (Å²) in [6, 6.07) is 43.2. The minimum Gasteiger partial charge on any atom is -0.0622 e. The van der Waals surface area contributed by atoms with Crippen LogP contribution in [-0.2, 0) is 0 Å². The van der Waals surface area contributed by atoms with Gasteiger partial charge in [0.25, 0.3) is 0 Å². The predicted molar refractivity (Wildman–Crippen MR) is 136 cm³/mol. The van der Waals surface area contributed by atoms with Crippen molar-refractivity contribution in [1.82, 2.24) is 0 Å². The van der Waals surface area contributed by atoms with Crippen molar-refractivity contribution in [2.45, 2.75) is 0 Å². The number of rotatable bonds is 7. The molecule has 0 bridgehead atoms. The first-order valence-corrected chi connectivity index (χ1v) is 12.9. The van der Waals surface area contributed by atoms with Crippen molar-refractivity contribution in [3.8, 4) is 0 Å². The van der Waals surface area contributed by atoms with E-state index in [9.17, 15) is 0 Å². The van der Waals surface area contributed by atoms with Gasteiger partial charge in [-0.15, -0.1) is 0 Å². The van der Waals surface area contributed by atoms with Crippen molar-refractivity contribution in [3.63, 3.8) is 0 Å². The Morgan fingerprint density at radius 3 is 0.800 bits per heavy atom. The Hall–Kier alpha value is -2.78. The molecule has 4 rings (SSSR count). The first kappa shape index (κ1) is 20.5. The highest BCUT2D eigenvalue weighted by atomic mass is 31.1. The van der Waals surface area contributed by atoms with Crippen molar-refractivity contribution in [3.05, 3.63) is 145 Å². The van der Waals surface area contributed by atoms with E-state index in [4.69, 9.17) is 0 Å². The Morgan fingerprint density at radius 1 is 0.333 bits per heavy atom. The van der Waals surface area contributed by atoms with Gasteiger partial charge in [0.15, 0.2) is 0 Å². The van der Waals surface area contributed by atoms with Crippen LogP contribution >= 0.6 is 15.8 Å². The topological polar surface area (TPSA) is 0 Å². The first-order chi connectivity index (χ1) is 14.9. The van der Waals surface area contributed by atoms with E-state index in [0.717, 1.165) is 0 Å². The second-order valence-corrected chi connectivity index (χ2v) is 10.9. The van der Waals surface area contributed by atoms with Crippen LogP contribution in [0.1, 0.15) is 0 Å². The quantitative estimate of drug-likeness (QED) is 0.243. The number of hydrogen-bond acceptors (Lipinski definition) is 0. The molecule has 30 heavy (non-hydrogen) atoms. The Morgan fingerprint density at radius 2 is 0.567 bits per heavy atom. The fourth-order valence-electron chi connectivity index (χ4n) is 3.27. The van der Waals surface area contributed by atoms with Crippen LogP contribution in [0.2, 0.25) is 0 Å². The van der Waals surface area contributed by atoms with E-state index < -0.39 is 15.8 Å². The van der Waals surface area contributed by atoms with Gasteiger partial charge in [-0.1, -0.05) is 145 Å². The summed E-state index contributed by atoms with van der Waals surface area (Å²) >= 11 is 0. The van der Waals surface area contributed by atoms with E-state index in [1.165, 1.54) is 21.2 Å². The summed E-state index contributed by atoms with van der Waals surface area (Å²) in [7, 11) is -1.03. The van der Waals surface area contributed by atoms with Gasteiger partial charge >= 0.3 is 0 Å². The Bertz CT molecular complexity index is 903. The lowest BCUT2D eigenvalue weighted by molar-refractivity contribution is 1.75. The van der Waals surface area contributed by atoms with E-state index in [-0.39, 0.29) is 0 Å². The molecular weight excluding hydrogens is 398 g/mol. The van der Waals surface area contributed by atoms with Crippen LogP contribution in [0.25, 0.3) is 0 Å². The van der Waals surface area contributed by atoms with E-state index in [1.807, 2.05) is 0 Å². The fourth-order valence-corrected chi connectivity index (χ4v) is 7.07. The molecule has 0 nitrogen and oxygen atoms in total. The average molecular weight is 422 g/mol. The molecule has 0 aromatic heterocycles. The second kappa shape index (κ2) is 10.8. The molecule has 2 heteroatoms. The monoisotopic (exact) mass is 422 g/mol. The molecule has 0 aliphatic rings. The van der Waals surface area contributed by atoms with Gasteiger partial charge in [-0.3, -0.25) is 0 Å². The third-order valence-corrected chi connectivity index (χ3v) is 9.08. The summed E-state index contributed by atoms with van der Waals surface area (Å²) < 4.78 is 0. The molecule has 0 saturated carbocycles. The van der Waals surface area contributed by atoms with Gasteiger partial charge in [-0.05, 0) is 37.1 Å². The molecule has 0 N–H and O–H groups in total. The molecule has 0 amide bonds. The van der Waals surface area contributed by atoms with Crippen molar-refractivity contribution in [1.29, 1.82) is 0 Å². The average Bonchev–Trinajstić information content (AvgIpc) is 2.84. The van der Waals surface area contributed by atoms with Crippen LogP contribution in [0, 0.1) is 0 Å². The Kier molecular flexibility index (Phi) is 7.41. The Labute approximate surface area is 182 Å². The van der Waals surface area contributed by atoms with Gasteiger partial charge in [0.2, 0.25) is 0 Å². The SMILES string of the molecule is C(C=CP(c1ccccc1)c1ccccc1)=CP(c1ccccc1)c1ccccc1. The maximum absolute atomic E-state index is 2.36. The van der Waals surface area contributed by atoms with Crippen LogP contribution in [0.5, 0.6) is 0 Å². The zero-order valence-corrected chi connectivity index (χ0v) is 18.5. The summed E-state index contributed by atoms with van der Waals surface area (Å²) in [5.41, 5.74) is 0. The molecule has 4 aromatic carbocycles. The van der Waals surface area contributed by atoms with Crippen LogP contribution in [-0.4, -0.2) is 0 Å². The third-order valence-electron chi connectivity index (χ3n) is 4.72. The van der Waals surface area contributed by atoms with Gasteiger partial charge in [0.05, 0.1) is 0 Å². The van der Waals surface area contributed by atoms with Gasteiger partial charge < -0.3 is 0 Å². The highest BCUT2D eigenvalue weighted by Crippen LogP contribution is 2.37. The standard InChI is InChI=1S/C28H24P2/c1-5-15-25(16-6-1)29(26-17-7-2-8-18-26)23-13-14-24-30(27-19-9-3-10-20-27)28-21-11-4-12-22-28/h1-24H. The zero-order valence-electron chi connectivity index (χ0n) is 16.8. The predicted octanol–water partition coefficient (Wildman–Crippen LogP) is 6.28. The molecule has 0 aliphatic heterocycles. The molecule has 0 unspecified atom stereocenters. The lowest BCUT2D eigenvalue weighted by Gasteiger charge is -2.15. The number of hydrogen-bond donors (Lipinski definition) is 0. The highest BCUT2D eigenvalue weighted by molar-refractivity contribution is 7.76. The molecule has 4 aromatic rings. The summed E-state index contributed by atoms with van der Waals surface area (Å²) in [4.78, 5) is 0. The van der Waals surface area contributed by atoms with E-state index in [0.29, 0.717) is 0 Å². The van der Waals surface area contributed by atoms with Crippen molar-refractivity contribution < 1.29 is 0 Å². The van der Waals surface area contributed by atoms with Gasteiger partial charge in [-0.2, -0.15) is 0 Å². The van der Waals surface area contributed by atoms with E-state index in [1.54, 1.807) is 0 Å². The van der Waals surface area contributed by atoms with Gasteiger partial charge in [-0.25, -0.2) is 0 Å². The first-order valence-electron chi connectivity index (χ1n) is 10.1. The van der Waals surface area contributed by atoms with E-state index in [2.05, 4.69) is 145 Å². The smallest absolute Gasteiger partial charge is 0.0157 e. The third kappa shape index (κ3) is 5.43. The molecule has 0 atom stereocenters. The number of benzene rings is 4. The molecule has 146 valence electrons. The van der Waals surface area contributed by atoms with E-state index >= 15 is 0 Å². The fraction of sp³-hybridized carbons (Fsp3) is 0. The Balaban J connectivity index is 1.61. The molecule has 0 heterocycles. The summed E-state index contributed by atoms with van der Waals surface area (Å²) in [5.74, 6) is 4.72. The zero-order chi connectivity index (χ0) is 20.4. The van der Waals surface area contributed by atoms with Crippen molar-refractivity contribution in [2.24, 2.45) is 0 Å². The van der Waals surface area contributed by atoms with Gasteiger partial charge in [0.1, 0.15) is 0 Å². The molecule has 0 aliphatic carbocycles. The largest absolute Gasteiger partial charge is 0.0622 e. The van der Waals surface area contributed by atoms with Gasteiger partial charge in [0, 0.05) is 0 Å². The normalized spacial score (nSPS) is 11.7. The number of allylic oxidation sites excluding steroid dienone is 2. The second-order valence-electron chi connectivity index (χ2n) is 6.77. The summed E-state index contributed by atoms with van der Waals surface area (Å²) in [6.45, 7) is 0. The summed E-state index contributed by atoms with van der Waals surface area (Å²) in [6.07, 6.45) is 4.46. The van der Waals surface area contributed by atoms with Crippen LogP contribution < -0.4 is 21.2 Å². The lowest BCUT2D eigenvalue weighted by atomic mass is 10.4. The van der Waals surface area contributed by atoms with Crippen LogP contribution in [0.15, 0.2) is 145 Å². The van der Waals surface area contributed by atoms with Crippen molar-refractivity contribution >= 4 is 37.1 Å². The molecule has 0 saturated heterocycles. The van der Waals surface area contributed by atoms with Crippen molar-refractivity contribution in [2.75, 3.05) is 0 Å². The van der Waals surface area contributed by atoms with Crippen LogP contribution in [0.4, 0.5) is 0 Å². The minimum absolute atomic E-state index is 0.515. The summed E-state index contributed by atoms with van der Waals surface area (Å²) in [5, 5.41) is 5.49. The minimum atomic E-state index is -0.515. The molecule has 0 fully saturated rings. The maximum Gasteiger partial charge on any atom is -0.0157 e. The lowest BCUT2D eigenvalue weighted by Crippen LogP contribution is -2.09. The molecular formula is C28H24P2. The maximum atomic E-state index is 2.36.